The number of benzene rings is 1. The van der Waals surface area contributed by atoms with E-state index in [1.54, 1.807) is 7.05 Å². The second-order valence-corrected chi connectivity index (χ2v) is 8.34. The second kappa shape index (κ2) is 11.3. The second-order valence-electron chi connectivity index (χ2n) is 6.34. The van der Waals surface area contributed by atoms with E-state index < -0.39 is 10.8 Å². The molecule has 140 valence electrons. The lowest BCUT2D eigenvalue weighted by Gasteiger charge is -2.30. The molecule has 1 aromatic carbocycles. The van der Waals surface area contributed by atoms with Gasteiger partial charge in [0.25, 0.3) is 0 Å². The molecule has 5 nitrogen and oxygen atoms in total. The average molecular weight is 366 g/mol. The van der Waals surface area contributed by atoms with E-state index in [0.717, 1.165) is 37.4 Å². The summed E-state index contributed by atoms with van der Waals surface area (Å²) in [5.41, 5.74) is 1.18. The van der Waals surface area contributed by atoms with Gasteiger partial charge in [0.15, 0.2) is 5.96 Å². The van der Waals surface area contributed by atoms with Crippen LogP contribution in [-0.4, -0.2) is 47.4 Å². The quantitative estimate of drug-likeness (QED) is 0.422. The van der Waals surface area contributed by atoms with Gasteiger partial charge in [-0.25, -0.2) is 0 Å². The van der Waals surface area contributed by atoms with Crippen LogP contribution in [0, 0.1) is 0 Å². The molecule has 0 bridgehead atoms. The zero-order valence-corrected chi connectivity index (χ0v) is 16.2. The van der Waals surface area contributed by atoms with Gasteiger partial charge in [-0.3, -0.25) is 9.20 Å². The molecule has 0 radical (unpaired) electrons. The molecule has 0 aromatic heterocycles. The Hall–Kier alpha value is -1.40. The van der Waals surface area contributed by atoms with Crippen LogP contribution < -0.4 is 10.6 Å². The summed E-state index contributed by atoms with van der Waals surface area (Å²) < 4.78 is 17.7. The van der Waals surface area contributed by atoms with E-state index >= 15 is 0 Å². The smallest absolute Gasteiger partial charge is 0.191 e. The van der Waals surface area contributed by atoms with Crippen molar-refractivity contribution in [2.24, 2.45) is 4.99 Å². The molecule has 3 atom stereocenters. The Morgan fingerprint density at radius 3 is 2.84 bits per heavy atom. The third-order valence-electron chi connectivity index (χ3n) is 4.50. The van der Waals surface area contributed by atoms with Crippen molar-refractivity contribution in [3.05, 3.63) is 35.9 Å². The van der Waals surface area contributed by atoms with Gasteiger partial charge in [-0.05, 0) is 24.8 Å². The van der Waals surface area contributed by atoms with Crippen molar-refractivity contribution in [1.82, 2.24) is 10.6 Å². The molecule has 3 unspecified atom stereocenters. The van der Waals surface area contributed by atoms with Gasteiger partial charge in [0.2, 0.25) is 0 Å². The number of aliphatic imine (C=N–C) groups is 1. The zero-order valence-electron chi connectivity index (χ0n) is 15.4. The highest BCUT2D eigenvalue weighted by Gasteiger charge is 2.25. The van der Waals surface area contributed by atoms with Crippen molar-refractivity contribution in [2.75, 3.05) is 26.0 Å². The molecule has 2 rings (SSSR count). The molecule has 6 heteroatoms. The average Bonchev–Trinajstić information content (AvgIpc) is 2.67. The number of hydrogen-bond donors (Lipinski definition) is 2. The summed E-state index contributed by atoms with van der Waals surface area (Å²) in [6.07, 6.45) is 4.29. The van der Waals surface area contributed by atoms with Gasteiger partial charge in [-0.2, -0.15) is 0 Å². The lowest BCUT2D eigenvalue weighted by molar-refractivity contribution is 0.125. The van der Waals surface area contributed by atoms with Crippen LogP contribution in [-0.2, 0) is 22.1 Å². The van der Waals surface area contributed by atoms with Crippen molar-refractivity contribution in [3.63, 3.8) is 0 Å². The van der Waals surface area contributed by atoms with Crippen molar-refractivity contribution in [3.8, 4) is 0 Å². The Bertz CT molecular complexity index is 551. The minimum Gasteiger partial charge on any atom is -0.375 e. The Balaban J connectivity index is 1.65. The summed E-state index contributed by atoms with van der Waals surface area (Å²) in [6, 6.07) is 10.5. The molecular weight excluding hydrogens is 334 g/mol. The first-order chi connectivity index (χ1) is 12.2. The fraction of sp³-hybridized carbons (Fsp3) is 0.632. The Labute approximate surface area is 154 Å². The maximum absolute atomic E-state index is 12.0. The first-order valence-electron chi connectivity index (χ1n) is 9.19. The molecule has 0 heterocycles. The summed E-state index contributed by atoms with van der Waals surface area (Å²) >= 11 is 0. The highest BCUT2D eigenvalue weighted by Crippen LogP contribution is 2.22. The van der Waals surface area contributed by atoms with Gasteiger partial charge >= 0.3 is 0 Å². The summed E-state index contributed by atoms with van der Waals surface area (Å²) in [7, 11) is 1.08. The molecule has 0 amide bonds. The summed E-state index contributed by atoms with van der Waals surface area (Å²) in [5, 5.41) is 7.09. The first-order valence-corrected chi connectivity index (χ1v) is 10.6. The fourth-order valence-corrected chi connectivity index (χ4v) is 4.49. The standard InChI is InChI=1S/C19H31N3O2S/c1-3-25(23)18-11-7-10-17(14-18)22-19(20-2)21-12-13-24-15-16-8-5-4-6-9-16/h4-6,8-9,17-18H,3,7,10-15H2,1-2H3,(H2,20,21,22). The Morgan fingerprint density at radius 1 is 1.32 bits per heavy atom. The van der Waals surface area contributed by atoms with Crippen molar-refractivity contribution in [1.29, 1.82) is 0 Å². The number of ether oxygens (including phenoxy) is 1. The van der Waals surface area contributed by atoms with E-state index in [-0.39, 0.29) is 0 Å². The van der Waals surface area contributed by atoms with E-state index in [0.29, 0.717) is 31.1 Å². The van der Waals surface area contributed by atoms with Crippen LogP contribution in [0.4, 0.5) is 0 Å². The molecule has 0 saturated heterocycles. The van der Waals surface area contributed by atoms with Gasteiger partial charge in [0.05, 0.1) is 13.2 Å². The van der Waals surface area contributed by atoms with E-state index in [9.17, 15) is 4.21 Å². The fourth-order valence-electron chi connectivity index (χ4n) is 3.14. The van der Waals surface area contributed by atoms with Crippen molar-refractivity contribution < 1.29 is 8.95 Å². The molecule has 1 saturated carbocycles. The summed E-state index contributed by atoms with van der Waals surface area (Å²) in [4.78, 5) is 4.29. The van der Waals surface area contributed by atoms with E-state index in [4.69, 9.17) is 4.74 Å². The predicted octanol–water partition coefficient (Wildman–Crippen LogP) is 2.45. The lowest BCUT2D eigenvalue weighted by atomic mass is 9.95. The largest absolute Gasteiger partial charge is 0.375 e. The maximum atomic E-state index is 12.0. The third-order valence-corrected chi connectivity index (χ3v) is 6.24. The number of hydrogen-bond acceptors (Lipinski definition) is 3. The topological polar surface area (TPSA) is 62.7 Å². The molecule has 1 aromatic rings. The number of rotatable bonds is 8. The number of nitrogens with one attached hydrogen (secondary N) is 2. The predicted molar refractivity (Wildman–Crippen MR) is 105 cm³/mol. The van der Waals surface area contributed by atoms with Crippen molar-refractivity contribution in [2.45, 2.75) is 50.5 Å². The van der Waals surface area contributed by atoms with Crippen LogP contribution >= 0.6 is 0 Å². The van der Waals surface area contributed by atoms with E-state index in [1.807, 2.05) is 25.1 Å². The molecule has 0 spiro atoms. The molecule has 0 aliphatic heterocycles. The van der Waals surface area contributed by atoms with Gasteiger partial charge < -0.3 is 15.4 Å². The minimum atomic E-state index is -0.698. The summed E-state index contributed by atoms with van der Waals surface area (Å²) in [6.45, 7) is 3.97. The first kappa shape index (κ1) is 19.9. The summed E-state index contributed by atoms with van der Waals surface area (Å²) in [5.74, 6) is 1.56. The van der Waals surface area contributed by atoms with Gasteiger partial charge in [-0.15, -0.1) is 0 Å². The molecule has 25 heavy (non-hydrogen) atoms. The Morgan fingerprint density at radius 2 is 2.12 bits per heavy atom. The normalized spacial score (nSPS) is 22.4. The maximum Gasteiger partial charge on any atom is 0.191 e. The van der Waals surface area contributed by atoms with Crippen LogP contribution in [0.25, 0.3) is 0 Å². The van der Waals surface area contributed by atoms with Crippen molar-refractivity contribution >= 4 is 16.8 Å². The number of guanidine groups is 1. The highest BCUT2D eigenvalue weighted by atomic mass is 32.2. The molecular formula is C19H31N3O2S. The SMILES string of the molecule is CCS(=O)C1CCCC(NC(=NC)NCCOCc2ccccc2)C1. The molecule has 1 aliphatic rings. The van der Waals surface area contributed by atoms with Crippen LogP contribution in [0.1, 0.15) is 38.2 Å². The van der Waals surface area contributed by atoms with Crippen LogP contribution in [0.15, 0.2) is 35.3 Å². The van der Waals surface area contributed by atoms with Gasteiger partial charge in [-0.1, -0.05) is 43.7 Å². The minimum absolute atomic E-state index is 0.323. The molecule has 1 aliphatic carbocycles. The van der Waals surface area contributed by atoms with Gasteiger partial charge in [0, 0.05) is 41.4 Å². The van der Waals surface area contributed by atoms with Crippen LogP contribution in [0.3, 0.4) is 0 Å². The van der Waals surface area contributed by atoms with Gasteiger partial charge in [0.1, 0.15) is 0 Å². The van der Waals surface area contributed by atoms with Crippen LogP contribution in [0.2, 0.25) is 0 Å². The monoisotopic (exact) mass is 365 g/mol. The molecule has 1 fully saturated rings. The van der Waals surface area contributed by atoms with E-state index in [1.165, 1.54) is 5.56 Å². The van der Waals surface area contributed by atoms with E-state index in [2.05, 4.69) is 27.8 Å². The highest BCUT2D eigenvalue weighted by molar-refractivity contribution is 7.85. The van der Waals surface area contributed by atoms with Crippen LogP contribution in [0.5, 0.6) is 0 Å². The lowest BCUT2D eigenvalue weighted by Crippen LogP contribution is -2.47. The molecule has 2 N–H and O–H groups in total. The Kier molecular flexibility index (Phi) is 8.97. The third kappa shape index (κ3) is 7.16. The zero-order chi connectivity index (χ0) is 17.9. The number of nitrogens with zero attached hydrogens (tertiary/aromatic N) is 1.